The molecule has 4 nitrogen and oxygen atoms in total. The second-order valence-corrected chi connectivity index (χ2v) is 8.35. The summed E-state index contributed by atoms with van der Waals surface area (Å²) in [7, 11) is 0. The summed E-state index contributed by atoms with van der Waals surface area (Å²) >= 11 is 12.1. The van der Waals surface area contributed by atoms with Crippen LogP contribution in [-0.2, 0) is 6.54 Å². The largest absolute Gasteiger partial charge is 0.491 e. The molecule has 0 bridgehead atoms. The standard InChI is InChI=1S/C22H28Cl2N2O2/c1-16-11-21(12-17(2)22(16)24)28-15-20(27)14-26-9-7-25(8-10-26)13-18-3-5-19(23)6-4-18/h3-6,11-12,20,27H,7-10,13-15H2,1-2H3. The Morgan fingerprint density at radius 2 is 1.54 bits per heavy atom. The van der Waals surface area contributed by atoms with Gasteiger partial charge in [-0.3, -0.25) is 9.80 Å². The third-order valence-electron chi connectivity index (χ3n) is 5.11. The molecule has 0 spiro atoms. The van der Waals surface area contributed by atoms with Crippen molar-refractivity contribution >= 4 is 23.2 Å². The average molecular weight is 423 g/mol. The van der Waals surface area contributed by atoms with Gasteiger partial charge in [0.15, 0.2) is 0 Å². The molecule has 0 radical (unpaired) electrons. The zero-order valence-corrected chi connectivity index (χ0v) is 18.0. The van der Waals surface area contributed by atoms with Crippen molar-refractivity contribution < 1.29 is 9.84 Å². The molecule has 0 saturated carbocycles. The maximum absolute atomic E-state index is 10.4. The van der Waals surface area contributed by atoms with Crippen molar-refractivity contribution in [1.29, 1.82) is 0 Å². The number of hydrogen-bond acceptors (Lipinski definition) is 4. The van der Waals surface area contributed by atoms with E-state index in [1.165, 1.54) is 5.56 Å². The van der Waals surface area contributed by atoms with Crippen LogP contribution in [0.1, 0.15) is 16.7 Å². The van der Waals surface area contributed by atoms with Gasteiger partial charge >= 0.3 is 0 Å². The van der Waals surface area contributed by atoms with Crippen molar-refractivity contribution in [2.24, 2.45) is 0 Å². The summed E-state index contributed by atoms with van der Waals surface area (Å²) < 4.78 is 5.78. The second-order valence-electron chi connectivity index (χ2n) is 7.54. The summed E-state index contributed by atoms with van der Waals surface area (Å²) in [6, 6.07) is 11.9. The Balaban J connectivity index is 1.40. The number of hydrogen-bond donors (Lipinski definition) is 1. The Morgan fingerprint density at radius 1 is 0.964 bits per heavy atom. The third-order valence-corrected chi connectivity index (χ3v) is 5.95. The van der Waals surface area contributed by atoms with E-state index in [4.69, 9.17) is 27.9 Å². The van der Waals surface area contributed by atoms with Crippen LogP contribution in [0.3, 0.4) is 0 Å². The lowest BCUT2D eigenvalue weighted by Gasteiger charge is -2.35. The topological polar surface area (TPSA) is 35.9 Å². The molecule has 28 heavy (non-hydrogen) atoms. The molecule has 1 aliphatic heterocycles. The van der Waals surface area contributed by atoms with Crippen molar-refractivity contribution in [2.75, 3.05) is 39.3 Å². The molecule has 6 heteroatoms. The maximum Gasteiger partial charge on any atom is 0.120 e. The molecular weight excluding hydrogens is 395 g/mol. The Hall–Kier alpha value is -1.30. The number of nitrogens with zero attached hydrogens (tertiary/aromatic N) is 2. The molecule has 2 aromatic rings. The molecule has 1 atom stereocenters. The second kappa shape index (κ2) is 9.95. The minimum atomic E-state index is -0.515. The first-order valence-corrected chi connectivity index (χ1v) is 10.4. The molecule has 152 valence electrons. The first-order chi connectivity index (χ1) is 13.4. The molecule has 1 unspecified atom stereocenters. The Bertz CT molecular complexity index is 752. The van der Waals surface area contributed by atoms with E-state index in [-0.39, 0.29) is 6.61 Å². The van der Waals surface area contributed by atoms with Crippen molar-refractivity contribution in [3.8, 4) is 5.75 Å². The summed E-state index contributed by atoms with van der Waals surface area (Å²) in [6.45, 7) is 9.65. The smallest absolute Gasteiger partial charge is 0.120 e. The van der Waals surface area contributed by atoms with Gasteiger partial charge in [0.25, 0.3) is 0 Å². The van der Waals surface area contributed by atoms with Crippen LogP contribution in [0.4, 0.5) is 0 Å². The first-order valence-electron chi connectivity index (χ1n) is 9.67. The van der Waals surface area contributed by atoms with Crippen molar-refractivity contribution in [1.82, 2.24) is 9.80 Å². The molecule has 2 aromatic carbocycles. The number of aliphatic hydroxyl groups is 1. The molecule has 1 N–H and O–H groups in total. The number of ether oxygens (including phenoxy) is 1. The summed E-state index contributed by atoms with van der Waals surface area (Å²) in [5, 5.41) is 11.9. The van der Waals surface area contributed by atoms with Gasteiger partial charge in [-0.25, -0.2) is 0 Å². The Morgan fingerprint density at radius 3 is 2.14 bits per heavy atom. The highest BCUT2D eigenvalue weighted by Crippen LogP contribution is 2.26. The van der Waals surface area contributed by atoms with E-state index in [1.807, 2.05) is 38.1 Å². The highest BCUT2D eigenvalue weighted by molar-refractivity contribution is 6.32. The number of aryl methyl sites for hydroxylation is 2. The number of piperazine rings is 1. The quantitative estimate of drug-likeness (QED) is 0.726. The molecule has 3 rings (SSSR count). The fraction of sp³-hybridized carbons (Fsp3) is 0.455. The lowest BCUT2D eigenvalue weighted by molar-refractivity contribution is 0.0446. The molecule has 1 saturated heterocycles. The zero-order valence-electron chi connectivity index (χ0n) is 16.5. The lowest BCUT2D eigenvalue weighted by Crippen LogP contribution is -2.48. The number of aliphatic hydroxyl groups excluding tert-OH is 1. The van der Waals surface area contributed by atoms with Crippen LogP contribution in [0, 0.1) is 13.8 Å². The van der Waals surface area contributed by atoms with Crippen molar-refractivity contribution in [2.45, 2.75) is 26.5 Å². The van der Waals surface area contributed by atoms with E-state index >= 15 is 0 Å². The SMILES string of the molecule is Cc1cc(OCC(O)CN2CCN(Cc3ccc(Cl)cc3)CC2)cc(C)c1Cl. The van der Waals surface area contributed by atoms with Crippen LogP contribution in [0.5, 0.6) is 5.75 Å². The van der Waals surface area contributed by atoms with Crippen LogP contribution in [-0.4, -0.2) is 60.3 Å². The predicted molar refractivity (Wildman–Crippen MR) is 116 cm³/mol. The van der Waals surface area contributed by atoms with Crippen molar-refractivity contribution in [3.63, 3.8) is 0 Å². The van der Waals surface area contributed by atoms with E-state index in [9.17, 15) is 5.11 Å². The first kappa shape index (κ1) is 21.4. The van der Waals surface area contributed by atoms with Crippen LogP contribution in [0.25, 0.3) is 0 Å². The Labute approximate surface area is 177 Å². The summed E-state index contributed by atoms with van der Waals surface area (Å²) in [5.74, 6) is 0.756. The lowest BCUT2D eigenvalue weighted by atomic mass is 10.1. The number of β-amino-alcohol motifs (C(OH)–C–C–N with tert-alkyl or cyclic N) is 1. The maximum atomic E-state index is 10.4. The molecule has 1 fully saturated rings. The minimum Gasteiger partial charge on any atom is -0.491 e. The van der Waals surface area contributed by atoms with E-state index in [0.29, 0.717) is 6.54 Å². The molecule has 0 aromatic heterocycles. The van der Waals surface area contributed by atoms with Gasteiger partial charge in [-0.15, -0.1) is 0 Å². The fourth-order valence-electron chi connectivity index (χ4n) is 3.51. The summed E-state index contributed by atoms with van der Waals surface area (Å²) in [5.41, 5.74) is 3.26. The highest BCUT2D eigenvalue weighted by atomic mass is 35.5. The number of halogens is 2. The van der Waals surface area contributed by atoms with Gasteiger partial charge in [-0.2, -0.15) is 0 Å². The highest BCUT2D eigenvalue weighted by Gasteiger charge is 2.19. The monoisotopic (exact) mass is 422 g/mol. The summed E-state index contributed by atoms with van der Waals surface area (Å²) in [6.07, 6.45) is -0.515. The van der Waals surface area contributed by atoms with Crippen molar-refractivity contribution in [3.05, 3.63) is 63.1 Å². The zero-order chi connectivity index (χ0) is 20.1. The molecule has 0 aliphatic carbocycles. The van der Waals surface area contributed by atoms with Gasteiger partial charge in [0, 0.05) is 49.3 Å². The van der Waals surface area contributed by atoms with E-state index in [1.54, 1.807) is 0 Å². The average Bonchev–Trinajstić information content (AvgIpc) is 2.67. The van der Waals surface area contributed by atoms with E-state index < -0.39 is 6.10 Å². The third kappa shape index (κ3) is 6.10. The van der Waals surface area contributed by atoms with Crippen LogP contribution in [0.15, 0.2) is 36.4 Å². The number of benzene rings is 2. The predicted octanol–water partition coefficient (Wildman–Crippen LogP) is 4.17. The Kier molecular flexibility index (Phi) is 7.61. The van der Waals surface area contributed by atoms with Gasteiger partial charge < -0.3 is 9.84 Å². The van der Waals surface area contributed by atoms with Crippen LogP contribution in [0.2, 0.25) is 10.0 Å². The van der Waals surface area contributed by atoms with E-state index in [2.05, 4.69) is 21.9 Å². The molecule has 1 heterocycles. The molecule has 1 aliphatic rings. The number of rotatable bonds is 7. The minimum absolute atomic E-state index is 0.283. The van der Waals surface area contributed by atoms with Crippen LogP contribution < -0.4 is 4.74 Å². The van der Waals surface area contributed by atoms with Gasteiger partial charge in [-0.1, -0.05) is 35.3 Å². The van der Waals surface area contributed by atoms with Gasteiger partial charge in [0.1, 0.15) is 18.5 Å². The van der Waals surface area contributed by atoms with E-state index in [0.717, 1.165) is 59.6 Å². The van der Waals surface area contributed by atoms with Gasteiger partial charge in [0.05, 0.1) is 0 Å². The molecule has 0 amide bonds. The molecular formula is C22H28Cl2N2O2. The van der Waals surface area contributed by atoms with Crippen LogP contribution >= 0.6 is 23.2 Å². The fourth-order valence-corrected chi connectivity index (χ4v) is 3.75. The summed E-state index contributed by atoms with van der Waals surface area (Å²) in [4.78, 5) is 4.73. The normalized spacial score (nSPS) is 16.9. The van der Waals surface area contributed by atoms with Gasteiger partial charge in [0.2, 0.25) is 0 Å². The van der Waals surface area contributed by atoms with Gasteiger partial charge in [-0.05, 0) is 54.8 Å².